The summed E-state index contributed by atoms with van der Waals surface area (Å²) in [6.07, 6.45) is 4.86. The maximum absolute atomic E-state index is 12.9. The number of piperazine rings is 1. The van der Waals surface area contributed by atoms with E-state index in [2.05, 4.69) is 50.8 Å². The van der Waals surface area contributed by atoms with Gasteiger partial charge in [0.1, 0.15) is 11.4 Å². The first-order chi connectivity index (χ1) is 24.3. The van der Waals surface area contributed by atoms with Crippen molar-refractivity contribution in [3.05, 3.63) is 66.2 Å². The predicted molar refractivity (Wildman–Crippen MR) is 202 cm³/mol. The molecule has 0 unspecified atom stereocenters. The van der Waals surface area contributed by atoms with Crippen LogP contribution in [-0.2, 0) is 26.4 Å². The Balaban J connectivity index is 1.17. The van der Waals surface area contributed by atoms with Gasteiger partial charge in [0.15, 0.2) is 9.84 Å². The number of ether oxygens (including phenoxy) is 2. The summed E-state index contributed by atoms with van der Waals surface area (Å²) in [6.45, 7) is 12.9. The Hall–Kier alpha value is -3.93. The third-order valence-corrected chi connectivity index (χ3v) is 11.9. The molecule has 4 aromatic rings. The molecular formula is C40H51N5O5S. The predicted octanol–water partition coefficient (Wildman–Crippen LogP) is 6.73. The van der Waals surface area contributed by atoms with Gasteiger partial charge in [0, 0.05) is 83.1 Å². The van der Waals surface area contributed by atoms with E-state index in [1.165, 1.54) is 17.5 Å². The molecule has 3 aliphatic rings. The van der Waals surface area contributed by atoms with E-state index in [0.29, 0.717) is 19.1 Å². The van der Waals surface area contributed by atoms with E-state index in [1.54, 1.807) is 12.1 Å². The van der Waals surface area contributed by atoms with E-state index in [1.807, 2.05) is 44.9 Å². The zero-order valence-electron chi connectivity index (χ0n) is 30.6. The number of piperidine rings is 1. The quantitative estimate of drug-likeness (QED) is 0.217. The van der Waals surface area contributed by atoms with E-state index in [-0.39, 0.29) is 16.9 Å². The lowest BCUT2D eigenvalue weighted by Crippen LogP contribution is -2.51. The van der Waals surface area contributed by atoms with Crippen LogP contribution in [0.4, 0.5) is 10.5 Å². The smallest absolute Gasteiger partial charge is 0.410 e. The van der Waals surface area contributed by atoms with Crippen molar-refractivity contribution in [2.45, 2.75) is 68.9 Å². The normalized spacial score (nSPS) is 18.8. The summed E-state index contributed by atoms with van der Waals surface area (Å²) in [5.74, 6) is 0.998. The number of carbonyl (C=O) groups excluding carboxylic acids is 1. The molecule has 3 aliphatic heterocycles. The number of nitrogens with zero attached hydrogens (tertiary/aromatic N) is 5. The maximum atomic E-state index is 12.9. The topological polar surface area (TPSA) is 97.2 Å². The number of hydrogen-bond donors (Lipinski definition) is 0. The SMILES string of the molecule is Cn1c(-c2ccc(S(C)(=O)=O)cc2)nc2c(C3CCN(C(=O)OC(C)(C)C)CC3)cc(-c3ccc(N4CCN(C5CCOCC5)CC4)cc3)cc21. The van der Waals surface area contributed by atoms with E-state index >= 15 is 0 Å². The molecule has 0 bridgehead atoms. The van der Waals surface area contributed by atoms with Gasteiger partial charge in [-0.15, -0.1) is 0 Å². The van der Waals surface area contributed by atoms with Crippen LogP contribution in [-0.4, -0.2) is 104 Å². The number of carbonyl (C=O) groups is 1. The van der Waals surface area contributed by atoms with Crippen LogP contribution in [0.2, 0.25) is 0 Å². The summed E-state index contributed by atoms with van der Waals surface area (Å²) in [6, 6.07) is 21.1. The zero-order valence-corrected chi connectivity index (χ0v) is 31.4. The highest BCUT2D eigenvalue weighted by atomic mass is 32.2. The summed E-state index contributed by atoms with van der Waals surface area (Å²) in [7, 11) is -1.28. The number of anilines is 1. The van der Waals surface area contributed by atoms with E-state index in [0.717, 1.165) is 98.6 Å². The van der Waals surface area contributed by atoms with Crippen molar-refractivity contribution in [1.29, 1.82) is 0 Å². The summed E-state index contributed by atoms with van der Waals surface area (Å²) >= 11 is 0. The first kappa shape index (κ1) is 35.5. The fraction of sp³-hybridized carbons (Fsp3) is 0.500. The van der Waals surface area contributed by atoms with Gasteiger partial charge in [0.25, 0.3) is 0 Å². The Kier molecular flexibility index (Phi) is 9.90. The molecule has 0 atom stereocenters. The molecule has 0 spiro atoms. The van der Waals surface area contributed by atoms with Gasteiger partial charge in [-0.2, -0.15) is 0 Å². The van der Waals surface area contributed by atoms with E-state index < -0.39 is 15.4 Å². The second-order valence-corrected chi connectivity index (χ2v) is 17.4. The molecule has 1 amide bonds. The van der Waals surface area contributed by atoms with Crippen LogP contribution in [0, 0.1) is 0 Å². The second kappa shape index (κ2) is 14.2. The molecule has 51 heavy (non-hydrogen) atoms. The van der Waals surface area contributed by atoms with Gasteiger partial charge in [-0.25, -0.2) is 18.2 Å². The zero-order chi connectivity index (χ0) is 35.9. The van der Waals surface area contributed by atoms with Crippen LogP contribution in [0.5, 0.6) is 0 Å². The van der Waals surface area contributed by atoms with Crippen LogP contribution in [0.15, 0.2) is 65.6 Å². The van der Waals surface area contributed by atoms with Gasteiger partial charge in [0.2, 0.25) is 0 Å². The maximum Gasteiger partial charge on any atom is 0.410 e. The van der Waals surface area contributed by atoms with Crippen LogP contribution in [0.3, 0.4) is 0 Å². The van der Waals surface area contributed by atoms with Gasteiger partial charge in [0.05, 0.1) is 15.9 Å². The fourth-order valence-electron chi connectivity index (χ4n) is 7.86. The number of hydrogen-bond acceptors (Lipinski definition) is 8. The Morgan fingerprint density at radius 1 is 0.824 bits per heavy atom. The van der Waals surface area contributed by atoms with Crippen LogP contribution in [0.1, 0.15) is 57.9 Å². The highest BCUT2D eigenvalue weighted by Crippen LogP contribution is 2.39. The molecule has 0 saturated carbocycles. The van der Waals surface area contributed by atoms with E-state index in [9.17, 15) is 13.2 Å². The first-order valence-electron chi connectivity index (χ1n) is 18.3. The number of aryl methyl sites for hydroxylation is 1. The molecule has 4 heterocycles. The third kappa shape index (κ3) is 7.80. The fourth-order valence-corrected chi connectivity index (χ4v) is 8.49. The molecule has 0 aliphatic carbocycles. The number of likely N-dealkylation sites (tertiary alicyclic amines) is 1. The van der Waals surface area contributed by atoms with Gasteiger partial charge in [-0.1, -0.05) is 12.1 Å². The molecule has 7 rings (SSSR count). The van der Waals surface area contributed by atoms with Crippen LogP contribution < -0.4 is 4.90 Å². The molecule has 3 fully saturated rings. The van der Waals surface area contributed by atoms with Crippen molar-refractivity contribution in [3.8, 4) is 22.5 Å². The number of imidazole rings is 1. The molecule has 11 heteroatoms. The highest BCUT2D eigenvalue weighted by Gasteiger charge is 2.30. The molecule has 10 nitrogen and oxygen atoms in total. The number of sulfone groups is 1. The minimum absolute atomic E-state index is 0.216. The van der Waals surface area contributed by atoms with Gasteiger partial charge >= 0.3 is 6.09 Å². The number of rotatable bonds is 6. The minimum Gasteiger partial charge on any atom is -0.444 e. The van der Waals surface area contributed by atoms with Gasteiger partial charge < -0.3 is 23.8 Å². The van der Waals surface area contributed by atoms with Crippen molar-refractivity contribution in [1.82, 2.24) is 19.4 Å². The number of amides is 1. The highest BCUT2D eigenvalue weighted by molar-refractivity contribution is 7.90. The monoisotopic (exact) mass is 713 g/mol. The third-order valence-electron chi connectivity index (χ3n) is 10.7. The average Bonchev–Trinajstić information content (AvgIpc) is 3.46. The lowest BCUT2D eigenvalue weighted by molar-refractivity contribution is 0.0205. The van der Waals surface area contributed by atoms with Crippen molar-refractivity contribution in [2.75, 3.05) is 63.6 Å². The molecule has 3 saturated heterocycles. The first-order valence-corrected chi connectivity index (χ1v) is 20.2. The van der Waals surface area contributed by atoms with Gasteiger partial charge in [-0.05, 0) is 118 Å². The molecule has 1 aromatic heterocycles. The summed E-state index contributed by atoms with van der Waals surface area (Å²) in [5.41, 5.74) is 6.99. The largest absolute Gasteiger partial charge is 0.444 e. The van der Waals surface area contributed by atoms with Crippen molar-refractivity contribution < 1.29 is 22.7 Å². The summed E-state index contributed by atoms with van der Waals surface area (Å²) < 4.78 is 37.6. The number of fused-ring (bicyclic) bond motifs is 1. The molecule has 0 radical (unpaired) electrons. The Morgan fingerprint density at radius 2 is 1.45 bits per heavy atom. The Morgan fingerprint density at radius 3 is 2.06 bits per heavy atom. The van der Waals surface area contributed by atoms with Gasteiger partial charge in [-0.3, -0.25) is 4.90 Å². The Bertz CT molecular complexity index is 1960. The summed E-state index contributed by atoms with van der Waals surface area (Å²) in [4.78, 5) is 25.3. The second-order valence-electron chi connectivity index (χ2n) is 15.4. The number of aromatic nitrogens is 2. The van der Waals surface area contributed by atoms with Crippen LogP contribution in [0.25, 0.3) is 33.5 Å². The van der Waals surface area contributed by atoms with Crippen molar-refractivity contribution >= 4 is 32.7 Å². The minimum atomic E-state index is -3.31. The number of benzene rings is 3. The molecule has 0 N–H and O–H groups in total. The lowest BCUT2D eigenvalue weighted by atomic mass is 9.86. The molecule has 272 valence electrons. The van der Waals surface area contributed by atoms with Crippen molar-refractivity contribution in [3.63, 3.8) is 0 Å². The lowest BCUT2D eigenvalue weighted by Gasteiger charge is -2.41. The standard InChI is InChI=1S/C40H51N5O5S/c1-40(2,3)50-39(46)45-18-14-29(15-19-45)35-26-31(27-36-37(35)41-38(42(36)4)30-8-12-34(13-9-30)51(5,47)48)28-6-10-32(11-7-28)43-20-22-44(23-21-43)33-16-24-49-25-17-33/h6-13,26-27,29,33H,14-25H2,1-5H3. The van der Waals surface area contributed by atoms with Crippen molar-refractivity contribution in [2.24, 2.45) is 7.05 Å². The Labute approximate surface area is 302 Å². The molecule has 3 aromatic carbocycles. The molecular weight excluding hydrogens is 663 g/mol. The average molecular weight is 714 g/mol. The van der Waals surface area contributed by atoms with E-state index in [4.69, 9.17) is 14.5 Å². The summed E-state index contributed by atoms with van der Waals surface area (Å²) in [5, 5.41) is 0. The van der Waals surface area contributed by atoms with Crippen LogP contribution >= 0.6 is 0 Å².